The summed E-state index contributed by atoms with van der Waals surface area (Å²) in [6, 6.07) is 9.48. The second-order valence-corrected chi connectivity index (χ2v) is 6.93. The molecule has 0 bridgehead atoms. The third-order valence-electron chi connectivity index (χ3n) is 4.87. The van der Waals surface area contributed by atoms with E-state index in [2.05, 4.69) is 15.3 Å². The number of likely N-dealkylation sites (tertiary alicyclic amines) is 1. The SMILES string of the molecule is Nc1ncc(/C=C/C(=O)N2CCC(CCC(=O)Nc3ccccc3)CC2)cn1. The van der Waals surface area contributed by atoms with E-state index in [4.69, 9.17) is 5.73 Å². The average Bonchev–Trinajstić information content (AvgIpc) is 2.73. The number of carbonyl (C=O) groups excluding carboxylic acids is 2. The van der Waals surface area contributed by atoms with E-state index in [1.54, 1.807) is 24.5 Å². The monoisotopic (exact) mass is 379 g/mol. The van der Waals surface area contributed by atoms with Crippen LogP contribution in [0, 0.1) is 5.92 Å². The van der Waals surface area contributed by atoms with E-state index in [1.807, 2.05) is 35.2 Å². The van der Waals surface area contributed by atoms with Crippen LogP contribution in [0.5, 0.6) is 0 Å². The van der Waals surface area contributed by atoms with Crippen LogP contribution in [-0.4, -0.2) is 39.8 Å². The molecule has 1 saturated heterocycles. The summed E-state index contributed by atoms with van der Waals surface area (Å²) in [7, 11) is 0. The Kier molecular flexibility index (Phi) is 6.73. The van der Waals surface area contributed by atoms with Crippen molar-refractivity contribution in [2.45, 2.75) is 25.7 Å². The van der Waals surface area contributed by atoms with Gasteiger partial charge in [-0.15, -0.1) is 0 Å². The third kappa shape index (κ3) is 5.90. The Balaban J connectivity index is 1.38. The normalized spacial score (nSPS) is 14.9. The van der Waals surface area contributed by atoms with Gasteiger partial charge in [-0.25, -0.2) is 9.97 Å². The zero-order valence-corrected chi connectivity index (χ0v) is 15.8. The summed E-state index contributed by atoms with van der Waals surface area (Å²) in [4.78, 5) is 34.0. The lowest BCUT2D eigenvalue weighted by molar-refractivity contribution is -0.127. The van der Waals surface area contributed by atoms with Crippen molar-refractivity contribution in [3.63, 3.8) is 0 Å². The molecule has 146 valence electrons. The topological polar surface area (TPSA) is 101 Å². The van der Waals surface area contributed by atoms with Gasteiger partial charge in [0, 0.05) is 49.2 Å². The van der Waals surface area contributed by atoms with Gasteiger partial charge in [0.15, 0.2) is 0 Å². The summed E-state index contributed by atoms with van der Waals surface area (Å²) in [5, 5.41) is 2.91. The van der Waals surface area contributed by atoms with Gasteiger partial charge in [-0.2, -0.15) is 0 Å². The zero-order valence-electron chi connectivity index (χ0n) is 15.8. The number of anilines is 2. The first kappa shape index (κ1) is 19.5. The Labute approximate surface area is 164 Å². The molecule has 2 amide bonds. The molecule has 0 radical (unpaired) electrons. The van der Waals surface area contributed by atoms with E-state index >= 15 is 0 Å². The van der Waals surface area contributed by atoms with Gasteiger partial charge in [0.25, 0.3) is 0 Å². The number of nitrogens with two attached hydrogens (primary N) is 1. The quantitative estimate of drug-likeness (QED) is 0.752. The van der Waals surface area contributed by atoms with Crippen LogP contribution in [0.2, 0.25) is 0 Å². The smallest absolute Gasteiger partial charge is 0.246 e. The summed E-state index contributed by atoms with van der Waals surface area (Å²) < 4.78 is 0. The molecule has 2 aromatic rings. The molecule has 7 nitrogen and oxygen atoms in total. The highest BCUT2D eigenvalue weighted by atomic mass is 16.2. The van der Waals surface area contributed by atoms with Gasteiger partial charge in [-0.3, -0.25) is 9.59 Å². The lowest BCUT2D eigenvalue weighted by Crippen LogP contribution is -2.37. The van der Waals surface area contributed by atoms with Gasteiger partial charge >= 0.3 is 0 Å². The first-order valence-corrected chi connectivity index (χ1v) is 9.49. The van der Waals surface area contributed by atoms with Crippen LogP contribution < -0.4 is 11.1 Å². The van der Waals surface area contributed by atoms with Crippen molar-refractivity contribution < 1.29 is 9.59 Å². The molecule has 7 heteroatoms. The van der Waals surface area contributed by atoms with Gasteiger partial charge in [-0.1, -0.05) is 18.2 Å². The number of nitrogen functional groups attached to an aromatic ring is 1. The molecule has 0 aliphatic carbocycles. The first-order valence-electron chi connectivity index (χ1n) is 9.49. The van der Waals surface area contributed by atoms with E-state index < -0.39 is 0 Å². The molecule has 3 N–H and O–H groups in total. The predicted octanol–water partition coefficient (Wildman–Crippen LogP) is 2.73. The molecule has 1 aromatic carbocycles. The Hall–Kier alpha value is -3.22. The summed E-state index contributed by atoms with van der Waals surface area (Å²) in [6.45, 7) is 1.43. The number of rotatable bonds is 6. The van der Waals surface area contributed by atoms with E-state index in [9.17, 15) is 9.59 Å². The minimum absolute atomic E-state index is 0.0166. The molecule has 0 saturated carbocycles. The molecule has 0 atom stereocenters. The van der Waals surface area contributed by atoms with Crippen molar-refractivity contribution in [2.75, 3.05) is 24.1 Å². The van der Waals surface area contributed by atoms with Crippen LogP contribution in [-0.2, 0) is 9.59 Å². The second kappa shape index (κ2) is 9.64. The predicted molar refractivity (Wildman–Crippen MR) is 109 cm³/mol. The number of hydrogen-bond acceptors (Lipinski definition) is 5. The molecule has 28 heavy (non-hydrogen) atoms. The molecule has 0 spiro atoms. The maximum atomic E-state index is 12.3. The molecule has 1 aliphatic heterocycles. The largest absolute Gasteiger partial charge is 0.368 e. The molecular weight excluding hydrogens is 354 g/mol. The fourth-order valence-electron chi connectivity index (χ4n) is 3.23. The Bertz CT molecular complexity index is 812. The van der Waals surface area contributed by atoms with Gasteiger partial charge in [-0.05, 0) is 43.4 Å². The lowest BCUT2D eigenvalue weighted by Gasteiger charge is -2.31. The minimum Gasteiger partial charge on any atom is -0.368 e. The van der Waals surface area contributed by atoms with Gasteiger partial charge in [0.2, 0.25) is 17.8 Å². The van der Waals surface area contributed by atoms with Crippen LogP contribution in [0.3, 0.4) is 0 Å². The highest BCUT2D eigenvalue weighted by molar-refractivity contribution is 5.92. The van der Waals surface area contributed by atoms with Crippen LogP contribution in [0.4, 0.5) is 11.6 Å². The third-order valence-corrected chi connectivity index (χ3v) is 4.87. The fourth-order valence-corrected chi connectivity index (χ4v) is 3.23. The molecule has 0 unspecified atom stereocenters. The van der Waals surface area contributed by atoms with Crippen molar-refractivity contribution >= 4 is 29.5 Å². The summed E-state index contributed by atoms with van der Waals surface area (Å²) >= 11 is 0. The van der Waals surface area contributed by atoms with Crippen LogP contribution >= 0.6 is 0 Å². The molecule has 2 heterocycles. The number of nitrogens with one attached hydrogen (secondary N) is 1. The first-order chi connectivity index (χ1) is 13.6. The Morgan fingerprint density at radius 1 is 1.14 bits per heavy atom. The Morgan fingerprint density at radius 2 is 1.82 bits per heavy atom. The average molecular weight is 379 g/mol. The zero-order chi connectivity index (χ0) is 19.8. The van der Waals surface area contributed by atoms with Crippen molar-refractivity contribution in [3.8, 4) is 0 Å². The highest BCUT2D eigenvalue weighted by Crippen LogP contribution is 2.22. The number of hydrogen-bond donors (Lipinski definition) is 2. The number of carbonyl (C=O) groups is 2. The van der Waals surface area contributed by atoms with Crippen LogP contribution in [0.1, 0.15) is 31.2 Å². The van der Waals surface area contributed by atoms with E-state index in [0.717, 1.165) is 30.5 Å². The number of nitrogens with zero attached hydrogens (tertiary/aromatic N) is 3. The van der Waals surface area contributed by atoms with Crippen molar-refractivity contribution in [1.82, 2.24) is 14.9 Å². The Morgan fingerprint density at radius 3 is 2.50 bits per heavy atom. The van der Waals surface area contributed by atoms with Crippen molar-refractivity contribution in [3.05, 3.63) is 54.4 Å². The summed E-state index contributed by atoms with van der Waals surface area (Å²) in [5.74, 6) is 0.707. The fraction of sp³-hybridized carbons (Fsp3) is 0.333. The molecule has 1 aliphatic rings. The van der Waals surface area contributed by atoms with Gasteiger partial charge in [0.05, 0.1) is 0 Å². The molecule has 1 aromatic heterocycles. The number of aromatic nitrogens is 2. The van der Waals surface area contributed by atoms with Gasteiger partial charge in [0.1, 0.15) is 0 Å². The van der Waals surface area contributed by atoms with E-state index in [-0.39, 0.29) is 17.8 Å². The van der Waals surface area contributed by atoms with Crippen LogP contribution in [0.15, 0.2) is 48.8 Å². The molecule has 1 fully saturated rings. The van der Waals surface area contributed by atoms with Gasteiger partial charge < -0.3 is 16.0 Å². The minimum atomic E-state index is -0.0166. The number of piperidine rings is 1. The van der Waals surface area contributed by atoms with Crippen LogP contribution in [0.25, 0.3) is 6.08 Å². The van der Waals surface area contributed by atoms with E-state index in [1.165, 1.54) is 0 Å². The standard InChI is InChI=1S/C21H25N5O2/c22-21-23-14-17(15-24-21)7-9-20(28)26-12-10-16(11-13-26)6-8-19(27)25-18-4-2-1-3-5-18/h1-5,7,9,14-16H,6,8,10-13H2,(H,25,27)(H2,22,23,24)/b9-7+. The van der Waals surface area contributed by atoms with E-state index in [0.29, 0.717) is 25.4 Å². The highest BCUT2D eigenvalue weighted by Gasteiger charge is 2.22. The summed E-state index contributed by atoms with van der Waals surface area (Å²) in [5.41, 5.74) is 7.01. The maximum Gasteiger partial charge on any atom is 0.246 e. The molecule has 3 rings (SSSR count). The van der Waals surface area contributed by atoms with Crippen molar-refractivity contribution in [1.29, 1.82) is 0 Å². The maximum absolute atomic E-state index is 12.3. The van der Waals surface area contributed by atoms with Crippen molar-refractivity contribution in [2.24, 2.45) is 5.92 Å². The summed E-state index contributed by atoms with van der Waals surface area (Å²) in [6.07, 6.45) is 9.60. The number of benzene rings is 1. The lowest BCUT2D eigenvalue weighted by atomic mass is 9.92. The molecular formula is C21H25N5O2. The second-order valence-electron chi connectivity index (χ2n) is 6.93. The number of para-hydroxylation sites is 1. The number of amides is 2.